The van der Waals surface area contributed by atoms with E-state index in [2.05, 4.69) is 10.3 Å². The van der Waals surface area contributed by atoms with Crippen LogP contribution in [0.15, 0.2) is 65.9 Å². The number of nitrogens with one attached hydrogen (secondary N) is 1. The maximum Gasteiger partial charge on any atom is 0.347 e. The molecule has 2 heterocycles. The van der Waals surface area contributed by atoms with E-state index in [1.807, 2.05) is 41.8 Å². The molecule has 3 aromatic rings. The topological polar surface area (TPSA) is 90.4 Å². The Hall–Kier alpha value is -3.52. The first-order valence-electron chi connectivity index (χ1n) is 9.39. The van der Waals surface area contributed by atoms with Crippen LogP contribution in [0.25, 0.3) is 21.8 Å². The lowest BCUT2D eigenvalue weighted by molar-refractivity contribution is -0.146. The summed E-state index contributed by atoms with van der Waals surface area (Å²) in [4.78, 5) is 32.8. The van der Waals surface area contributed by atoms with Gasteiger partial charge in [0.2, 0.25) is 0 Å². The number of rotatable bonds is 8. The van der Waals surface area contributed by atoms with E-state index in [-0.39, 0.29) is 18.8 Å². The highest BCUT2D eigenvalue weighted by atomic mass is 32.1. The van der Waals surface area contributed by atoms with Crippen molar-refractivity contribution >= 4 is 29.0 Å². The molecule has 0 unspecified atom stereocenters. The van der Waals surface area contributed by atoms with Crippen LogP contribution < -0.4 is 5.32 Å². The molecule has 0 amide bonds. The van der Waals surface area contributed by atoms with Crippen LogP contribution in [0.2, 0.25) is 0 Å². The Morgan fingerprint density at radius 1 is 1.03 bits per heavy atom. The molecular formula is C22H21N3O4S. The SMILES string of the molecule is CCOC(=O)C(=CNc1cccc(-c2csc(-c3ccncc3)n2)c1)C(=O)OCC. The van der Waals surface area contributed by atoms with Crippen LogP contribution >= 0.6 is 11.3 Å². The zero-order chi connectivity index (χ0) is 21.3. The number of pyridine rings is 1. The van der Waals surface area contributed by atoms with Crippen molar-refractivity contribution in [3.05, 3.63) is 65.9 Å². The standard InChI is InChI=1S/C22H21N3O4S/c1-3-28-21(26)18(22(27)29-4-2)13-24-17-7-5-6-16(12-17)19-14-30-20(25-19)15-8-10-23-11-9-15/h5-14,24H,3-4H2,1-2H3. The molecule has 0 bridgehead atoms. The highest BCUT2D eigenvalue weighted by Crippen LogP contribution is 2.29. The number of benzene rings is 1. The van der Waals surface area contributed by atoms with E-state index in [0.29, 0.717) is 5.69 Å². The number of hydrogen-bond acceptors (Lipinski definition) is 8. The minimum absolute atomic E-state index is 0.161. The number of carbonyl (C=O) groups excluding carboxylic acids is 2. The third-order valence-electron chi connectivity index (χ3n) is 3.96. The maximum atomic E-state index is 12.1. The summed E-state index contributed by atoms with van der Waals surface area (Å²) in [6, 6.07) is 11.3. The molecule has 7 nitrogen and oxygen atoms in total. The Labute approximate surface area is 178 Å². The van der Waals surface area contributed by atoms with Crippen molar-refractivity contribution < 1.29 is 19.1 Å². The Balaban J connectivity index is 1.81. The van der Waals surface area contributed by atoms with E-state index in [9.17, 15) is 9.59 Å². The van der Waals surface area contributed by atoms with E-state index >= 15 is 0 Å². The normalized spacial score (nSPS) is 10.2. The number of ether oxygens (including phenoxy) is 2. The lowest BCUT2D eigenvalue weighted by Crippen LogP contribution is -2.19. The Morgan fingerprint density at radius 2 is 1.73 bits per heavy atom. The van der Waals surface area contributed by atoms with Gasteiger partial charge in [-0.1, -0.05) is 12.1 Å². The smallest absolute Gasteiger partial charge is 0.347 e. The Kier molecular flexibility index (Phi) is 7.29. The zero-order valence-corrected chi connectivity index (χ0v) is 17.4. The second-order valence-corrected chi connectivity index (χ2v) is 6.86. The average molecular weight is 423 g/mol. The first-order valence-corrected chi connectivity index (χ1v) is 10.3. The van der Waals surface area contributed by atoms with E-state index in [4.69, 9.17) is 14.5 Å². The van der Waals surface area contributed by atoms with Gasteiger partial charge in [-0.15, -0.1) is 11.3 Å². The van der Waals surface area contributed by atoms with Crippen molar-refractivity contribution in [2.45, 2.75) is 13.8 Å². The number of anilines is 1. The van der Waals surface area contributed by atoms with Crippen molar-refractivity contribution in [1.82, 2.24) is 9.97 Å². The van der Waals surface area contributed by atoms with Gasteiger partial charge in [0.15, 0.2) is 5.57 Å². The van der Waals surface area contributed by atoms with Gasteiger partial charge in [-0.3, -0.25) is 4.98 Å². The predicted octanol–water partition coefficient (Wildman–Crippen LogP) is 4.29. The number of hydrogen-bond donors (Lipinski definition) is 1. The van der Waals surface area contributed by atoms with Gasteiger partial charge in [-0.25, -0.2) is 14.6 Å². The highest BCUT2D eigenvalue weighted by Gasteiger charge is 2.21. The van der Waals surface area contributed by atoms with E-state index in [0.717, 1.165) is 21.8 Å². The summed E-state index contributed by atoms with van der Waals surface area (Å²) in [5, 5.41) is 5.86. The molecular weight excluding hydrogens is 402 g/mol. The summed E-state index contributed by atoms with van der Waals surface area (Å²) in [6.45, 7) is 3.67. The van der Waals surface area contributed by atoms with Crippen LogP contribution in [0, 0.1) is 0 Å². The van der Waals surface area contributed by atoms with Gasteiger partial charge in [-0.05, 0) is 38.1 Å². The molecule has 8 heteroatoms. The summed E-state index contributed by atoms with van der Waals surface area (Å²) in [6.07, 6.45) is 4.77. The monoisotopic (exact) mass is 423 g/mol. The zero-order valence-electron chi connectivity index (χ0n) is 16.6. The number of thiazole rings is 1. The van der Waals surface area contributed by atoms with Gasteiger partial charge < -0.3 is 14.8 Å². The van der Waals surface area contributed by atoms with E-state index in [1.165, 1.54) is 6.20 Å². The third kappa shape index (κ3) is 5.30. The minimum atomic E-state index is -0.735. The van der Waals surface area contributed by atoms with Crippen LogP contribution in [0.5, 0.6) is 0 Å². The number of carbonyl (C=O) groups is 2. The summed E-state index contributed by atoms with van der Waals surface area (Å²) in [5.74, 6) is -1.47. The molecule has 0 aliphatic rings. The Bertz CT molecular complexity index is 1030. The van der Waals surface area contributed by atoms with Gasteiger partial charge in [0.1, 0.15) is 5.01 Å². The van der Waals surface area contributed by atoms with Gasteiger partial charge >= 0.3 is 11.9 Å². The summed E-state index contributed by atoms with van der Waals surface area (Å²) in [7, 11) is 0. The fourth-order valence-electron chi connectivity index (χ4n) is 2.58. The van der Waals surface area contributed by atoms with Crippen LogP contribution in [0.4, 0.5) is 5.69 Å². The molecule has 0 saturated carbocycles. The first kappa shape index (κ1) is 21.2. The summed E-state index contributed by atoms with van der Waals surface area (Å²) < 4.78 is 9.87. The molecule has 0 spiro atoms. The predicted molar refractivity (Wildman–Crippen MR) is 116 cm³/mol. The van der Waals surface area contributed by atoms with Crippen molar-refractivity contribution in [2.24, 2.45) is 0 Å². The molecule has 1 aromatic carbocycles. The molecule has 0 saturated heterocycles. The average Bonchev–Trinajstić information content (AvgIpc) is 3.26. The fourth-order valence-corrected chi connectivity index (χ4v) is 3.41. The van der Waals surface area contributed by atoms with Gasteiger partial charge in [0.05, 0.1) is 18.9 Å². The molecule has 2 aromatic heterocycles. The molecule has 0 fully saturated rings. The number of aromatic nitrogens is 2. The van der Waals surface area contributed by atoms with Crippen molar-refractivity contribution in [3.8, 4) is 21.8 Å². The second kappa shape index (κ2) is 10.3. The van der Waals surface area contributed by atoms with Crippen LogP contribution in [0.1, 0.15) is 13.8 Å². The van der Waals surface area contributed by atoms with Crippen molar-refractivity contribution in [3.63, 3.8) is 0 Å². The Morgan fingerprint density at radius 3 is 2.40 bits per heavy atom. The van der Waals surface area contributed by atoms with E-state index in [1.54, 1.807) is 37.6 Å². The lowest BCUT2D eigenvalue weighted by atomic mass is 10.1. The summed E-state index contributed by atoms with van der Waals surface area (Å²) in [5.41, 5.74) is 3.23. The first-order chi connectivity index (χ1) is 14.6. The second-order valence-electron chi connectivity index (χ2n) is 6.00. The highest BCUT2D eigenvalue weighted by molar-refractivity contribution is 7.13. The third-order valence-corrected chi connectivity index (χ3v) is 4.86. The van der Waals surface area contributed by atoms with Gasteiger partial charge in [0, 0.05) is 40.8 Å². The van der Waals surface area contributed by atoms with Crippen molar-refractivity contribution in [2.75, 3.05) is 18.5 Å². The van der Waals surface area contributed by atoms with Gasteiger partial charge in [0.25, 0.3) is 0 Å². The van der Waals surface area contributed by atoms with Crippen LogP contribution in [0.3, 0.4) is 0 Å². The molecule has 0 radical (unpaired) electrons. The van der Waals surface area contributed by atoms with Crippen LogP contribution in [-0.4, -0.2) is 35.1 Å². The largest absolute Gasteiger partial charge is 0.462 e. The number of esters is 2. The van der Waals surface area contributed by atoms with Gasteiger partial charge in [-0.2, -0.15) is 0 Å². The maximum absolute atomic E-state index is 12.1. The molecule has 1 N–H and O–H groups in total. The molecule has 3 rings (SSSR count). The quantitative estimate of drug-likeness (QED) is 0.250. The molecule has 30 heavy (non-hydrogen) atoms. The number of nitrogens with zero attached hydrogens (tertiary/aromatic N) is 2. The molecule has 0 aliphatic carbocycles. The fraction of sp³-hybridized carbons (Fsp3) is 0.182. The molecule has 154 valence electrons. The molecule has 0 atom stereocenters. The lowest BCUT2D eigenvalue weighted by Gasteiger charge is -2.08. The molecule has 0 aliphatic heterocycles. The van der Waals surface area contributed by atoms with Crippen LogP contribution in [-0.2, 0) is 19.1 Å². The summed E-state index contributed by atoms with van der Waals surface area (Å²) >= 11 is 1.55. The minimum Gasteiger partial charge on any atom is -0.462 e. The van der Waals surface area contributed by atoms with Crippen molar-refractivity contribution in [1.29, 1.82) is 0 Å². The van der Waals surface area contributed by atoms with E-state index < -0.39 is 11.9 Å².